The molecule has 0 unspecified atom stereocenters. The quantitative estimate of drug-likeness (QED) is 0.131. The summed E-state index contributed by atoms with van der Waals surface area (Å²) >= 11 is 5.85. The second-order valence-corrected chi connectivity index (χ2v) is 17.0. The normalized spacial score (nSPS) is 20.3. The Hall–Kier alpha value is -3.55. The van der Waals surface area contributed by atoms with E-state index < -0.39 is 57.5 Å². The number of nitrogens with one attached hydrogen (secondary N) is 2. The Labute approximate surface area is 269 Å². The second kappa shape index (κ2) is 14.1. The van der Waals surface area contributed by atoms with Crippen molar-refractivity contribution in [3.8, 4) is 11.8 Å². The van der Waals surface area contributed by atoms with Crippen LogP contribution in [0, 0.1) is 11.8 Å². The fraction of sp³-hybridized carbons (Fsp3) is 0.467. The summed E-state index contributed by atoms with van der Waals surface area (Å²) in [5.74, 6) is 2.49. The lowest BCUT2D eigenvalue weighted by Gasteiger charge is -2.37. The Kier molecular flexibility index (Phi) is 10.8. The first-order valence-electron chi connectivity index (χ1n) is 14.2. The average molecular weight is 684 g/mol. The smallest absolute Gasteiger partial charge is 0.414 e. The predicted molar refractivity (Wildman–Crippen MR) is 165 cm³/mol. The fourth-order valence-corrected chi connectivity index (χ4v) is 5.59. The van der Waals surface area contributed by atoms with Gasteiger partial charge in [0.2, 0.25) is 0 Å². The number of carbonyl (C=O) groups excluding carboxylic acids is 2. The summed E-state index contributed by atoms with van der Waals surface area (Å²) in [5.41, 5.74) is 0.571. The number of carbonyl (C=O) groups is 2. The van der Waals surface area contributed by atoms with Crippen molar-refractivity contribution < 1.29 is 41.1 Å². The molecule has 46 heavy (non-hydrogen) atoms. The van der Waals surface area contributed by atoms with Gasteiger partial charge in [0.05, 0.1) is 24.1 Å². The second-order valence-electron chi connectivity index (χ2n) is 12.0. The molecule has 0 radical (unpaired) electrons. The lowest BCUT2D eigenvalue weighted by atomic mass is 10.1. The lowest BCUT2D eigenvalue weighted by Crippen LogP contribution is -2.44. The standard InChI is InChI=1S/C30H34ClF4N5O5Si/c1-29(2,3)46(4,5)44-15-20-23(43-16-31)22(32)27(45-20)40-14-19(12-9-13-36-28(42)30(33,34)35)21-24(37-17-38-25(21)40)39-26(41)18-10-7-6-8-11-18/h6-8,10-11,14,17,20,22-23,27H,13,15-16H2,1-5H3,(H,36,42)(H,37,38,39,41)/t20-,22-,23-,27-/m1/s1. The molecule has 0 saturated carbocycles. The van der Waals surface area contributed by atoms with Crippen LogP contribution in [0.25, 0.3) is 11.0 Å². The largest absolute Gasteiger partial charge is 0.471 e. The van der Waals surface area contributed by atoms with E-state index in [1.165, 1.54) is 10.8 Å². The van der Waals surface area contributed by atoms with Crippen molar-refractivity contribution in [2.75, 3.05) is 24.5 Å². The summed E-state index contributed by atoms with van der Waals surface area (Å²) in [6, 6.07) is 7.97. The molecule has 2 aromatic heterocycles. The lowest BCUT2D eigenvalue weighted by molar-refractivity contribution is -0.173. The highest BCUT2D eigenvalue weighted by atomic mass is 35.5. The van der Waals surface area contributed by atoms with Gasteiger partial charge in [-0.1, -0.05) is 62.4 Å². The minimum absolute atomic E-state index is 0.0148. The molecule has 1 aliphatic rings. The molecule has 248 valence electrons. The van der Waals surface area contributed by atoms with E-state index in [4.69, 9.17) is 25.5 Å². The van der Waals surface area contributed by atoms with Crippen molar-refractivity contribution in [3.63, 3.8) is 0 Å². The molecule has 10 nitrogen and oxygen atoms in total. The molecule has 1 aliphatic heterocycles. The number of halogens is 5. The molecular weight excluding hydrogens is 650 g/mol. The van der Waals surface area contributed by atoms with Crippen molar-refractivity contribution in [2.45, 2.75) is 69.7 Å². The minimum atomic E-state index is -5.08. The maximum atomic E-state index is 16.1. The summed E-state index contributed by atoms with van der Waals surface area (Å²) in [7, 11) is -2.25. The molecule has 3 heterocycles. The first kappa shape index (κ1) is 35.3. The van der Waals surface area contributed by atoms with Crippen molar-refractivity contribution in [1.82, 2.24) is 19.9 Å². The molecule has 3 aromatic rings. The van der Waals surface area contributed by atoms with E-state index in [0.29, 0.717) is 5.56 Å². The molecule has 1 saturated heterocycles. The summed E-state index contributed by atoms with van der Waals surface area (Å²) in [4.78, 5) is 32.7. The summed E-state index contributed by atoms with van der Waals surface area (Å²) in [6.07, 6.45) is -7.55. The molecule has 4 atom stereocenters. The maximum absolute atomic E-state index is 16.1. The van der Waals surface area contributed by atoms with Crippen LogP contribution in [0.4, 0.5) is 23.4 Å². The maximum Gasteiger partial charge on any atom is 0.471 e. The Morgan fingerprint density at radius 2 is 1.85 bits per heavy atom. The third-order valence-corrected chi connectivity index (χ3v) is 12.5. The number of aromatic nitrogens is 3. The van der Waals surface area contributed by atoms with E-state index in [2.05, 4.69) is 47.9 Å². The third-order valence-electron chi connectivity index (χ3n) is 7.91. The zero-order chi connectivity index (χ0) is 33.9. The molecule has 1 fully saturated rings. The van der Waals surface area contributed by atoms with Crippen LogP contribution >= 0.6 is 11.6 Å². The Morgan fingerprint density at radius 3 is 2.48 bits per heavy atom. The number of fused-ring (bicyclic) bond motifs is 1. The zero-order valence-corrected chi connectivity index (χ0v) is 27.5. The number of hydrogen-bond donors (Lipinski definition) is 2. The number of hydrogen-bond acceptors (Lipinski definition) is 7. The number of rotatable bonds is 9. The van der Waals surface area contributed by atoms with E-state index >= 15 is 4.39 Å². The van der Waals surface area contributed by atoms with Crippen LogP contribution in [0.2, 0.25) is 18.1 Å². The van der Waals surface area contributed by atoms with E-state index in [9.17, 15) is 22.8 Å². The van der Waals surface area contributed by atoms with Gasteiger partial charge in [-0.05, 0) is 30.3 Å². The molecule has 4 rings (SSSR count). The summed E-state index contributed by atoms with van der Waals surface area (Å²) in [5, 5.41) is 4.42. The highest BCUT2D eigenvalue weighted by Gasteiger charge is 2.49. The summed E-state index contributed by atoms with van der Waals surface area (Å²) < 4.78 is 73.4. The number of alkyl halides is 5. The first-order chi connectivity index (χ1) is 21.5. The van der Waals surface area contributed by atoms with Gasteiger partial charge in [0, 0.05) is 11.8 Å². The fourth-order valence-electron chi connectivity index (χ4n) is 4.43. The monoisotopic (exact) mass is 683 g/mol. The van der Waals surface area contributed by atoms with Crippen LogP contribution in [0.3, 0.4) is 0 Å². The number of nitrogens with zero attached hydrogens (tertiary/aromatic N) is 3. The van der Waals surface area contributed by atoms with Gasteiger partial charge < -0.3 is 29.1 Å². The van der Waals surface area contributed by atoms with Gasteiger partial charge in [-0.2, -0.15) is 13.2 Å². The van der Waals surface area contributed by atoms with Gasteiger partial charge in [0.25, 0.3) is 5.91 Å². The van der Waals surface area contributed by atoms with Gasteiger partial charge >= 0.3 is 12.1 Å². The van der Waals surface area contributed by atoms with Gasteiger partial charge in [-0.3, -0.25) is 9.59 Å². The minimum Gasteiger partial charge on any atom is -0.414 e. The van der Waals surface area contributed by atoms with Crippen LogP contribution in [-0.4, -0.2) is 78.4 Å². The van der Waals surface area contributed by atoms with Crippen LogP contribution < -0.4 is 10.6 Å². The summed E-state index contributed by atoms with van der Waals surface area (Å²) in [6.45, 7) is 9.69. The van der Waals surface area contributed by atoms with Crippen LogP contribution in [0.1, 0.15) is 42.9 Å². The number of amides is 2. The first-order valence-corrected chi connectivity index (χ1v) is 17.7. The third kappa shape index (κ3) is 7.87. The van der Waals surface area contributed by atoms with Gasteiger partial charge in [0.1, 0.15) is 36.1 Å². The zero-order valence-electron chi connectivity index (χ0n) is 25.7. The van der Waals surface area contributed by atoms with E-state index in [0.717, 1.165) is 6.33 Å². The van der Waals surface area contributed by atoms with Gasteiger partial charge in [-0.15, -0.1) is 0 Å². The molecule has 2 amide bonds. The molecule has 0 aliphatic carbocycles. The van der Waals surface area contributed by atoms with Gasteiger partial charge in [0.15, 0.2) is 20.7 Å². The van der Waals surface area contributed by atoms with E-state index in [-0.39, 0.29) is 40.1 Å². The van der Waals surface area contributed by atoms with Crippen molar-refractivity contribution in [3.05, 3.63) is 54.0 Å². The van der Waals surface area contributed by atoms with E-state index in [1.807, 2.05) is 13.1 Å². The topological polar surface area (TPSA) is 117 Å². The molecular formula is C30H34ClF4N5O5Si. The number of ether oxygens (including phenoxy) is 2. The number of benzene rings is 1. The number of anilines is 1. The van der Waals surface area contributed by atoms with Crippen LogP contribution in [-0.2, 0) is 18.7 Å². The van der Waals surface area contributed by atoms with Crippen molar-refractivity contribution >= 4 is 48.6 Å². The SMILES string of the molecule is CC(C)(C)[Si](C)(C)OC[C@H]1O[C@@H](n2cc(C#CCNC(=O)C(F)(F)F)c3c(NC(=O)c4ccccc4)ncnc32)[C@H](F)[C@@H]1OCCl. The highest BCUT2D eigenvalue weighted by Crippen LogP contribution is 2.40. The Balaban J connectivity index is 1.72. The average Bonchev–Trinajstić information content (AvgIpc) is 3.51. The van der Waals surface area contributed by atoms with Crippen molar-refractivity contribution in [2.24, 2.45) is 0 Å². The molecule has 1 aromatic carbocycles. The van der Waals surface area contributed by atoms with Crippen LogP contribution in [0.15, 0.2) is 42.9 Å². The molecule has 2 N–H and O–H groups in total. The Morgan fingerprint density at radius 1 is 1.15 bits per heavy atom. The molecule has 0 spiro atoms. The van der Waals surface area contributed by atoms with Crippen LogP contribution in [0.5, 0.6) is 0 Å². The molecule has 0 bridgehead atoms. The van der Waals surface area contributed by atoms with Gasteiger partial charge in [-0.25, -0.2) is 14.4 Å². The molecule has 16 heteroatoms. The highest BCUT2D eigenvalue weighted by molar-refractivity contribution is 6.74. The Bertz CT molecular complexity index is 1620. The van der Waals surface area contributed by atoms with Crippen molar-refractivity contribution in [1.29, 1.82) is 0 Å². The predicted octanol–water partition coefficient (Wildman–Crippen LogP) is 5.55. The van der Waals surface area contributed by atoms with E-state index in [1.54, 1.807) is 35.6 Å².